The van der Waals surface area contributed by atoms with Gasteiger partial charge >= 0.3 is 0 Å². The van der Waals surface area contributed by atoms with Crippen molar-refractivity contribution in [2.45, 2.75) is 36.7 Å². The predicted molar refractivity (Wildman–Crippen MR) is 241 cm³/mol. The smallest absolute Gasteiger partial charge is 0.265 e. The van der Waals surface area contributed by atoms with Gasteiger partial charge in [0.2, 0.25) is 0 Å². The summed E-state index contributed by atoms with van der Waals surface area (Å²) in [7, 11) is 0. The Morgan fingerprint density at radius 3 is 2.62 bits per heavy atom. The van der Waals surface area contributed by atoms with Crippen molar-refractivity contribution in [3.8, 4) is 11.5 Å². The topological polar surface area (TPSA) is 141 Å². The number of hydrogen-bond acceptors (Lipinski definition) is 11. The summed E-state index contributed by atoms with van der Waals surface area (Å²) >= 11 is 8.78. The summed E-state index contributed by atoms with van der Waals surface area (Å²) in [5.41, 5.74) is 12.5. The average Bonchev–Trinajstić information content (AvgIpc) is 3.94. The number of piperazine rings is 1. The minimum Gasteiger partial charge on any atom is -0.455 e. The average molecular weight is 864 g/mol. The van der Waals surface area contributed by atoms with E-state index < -0.39 is 0 Å². The number of nitrogens with one attached hydrogen (secondary N) is 3. The Kier molecular flexibility index (Phi) is 12.2. The van der Waals surface area contributed by atoms with Gasteiger partial charge in [0.25, 0.3) is 11.8 Å². The number of pyridine rings is 1. The van der Waals surface area contributed by atoms with Crippen LogP contribution in [-0.2, 0) is 17.7 Å². The second kappa shape index (κ2) is 18.2. The van der Waals surface area contributed by atoms with Crippen LogP contribution in [-0.4, -0.2) is 90.1 Å². The molecule has 0 radical (unpaired) electrons. The lowest BCUT2D eigenvalue weighted by Gasteiger charge is -2.42. The molecule has 9 rings (SSSR count). The van der Waals surface area contributed by atoms with E-state index in [4.69, 9.17) is 26.8 Å². The molecule has 0 bridgehead atoms. The molecule has 310 valence electrons. The second-order valence-corrected chi connectivity index (χ2v) is 18.1. The van der Waals surface area contributed by atoms with E-state index in [1.807, 2.05) is 71.8 Å². The number of H-pyrrole nitrogens is 1. The Hall–Kier alpha value is -5.25. The molecule has 3 aliphatic heterocycles. The number of nitrogens with two attached hydrogens (primary N) is 1. The maximum absolute atomic E-state index is 13.9. The summed E-state index contributed by atoms with van der Waals surface area (Å²) in [4.78, 5) is 43.6. The number of fused-ring (bicyclic) bond motifs is 2. The number of aromatic amines is 1. The molecule has 6 heterocycles. The Morgan fingerprint density at radius 2 is 1.82 bits per heavy atom. The minimum absolute atomic E-state index is 0.0295. The van der Waals surface area contributed by atoms with Crippen molar-refractivity contribution >= 4 is 74.8 Å². The van der Waals surface area contributed by atoms with E-state index in [0.717, 1.165) is 99.0 Å². The molecule has 12 nitrogen and oxygen atoms in total. The van der Waals surface area contributed by atoms with Crippen LogP contribution in [0.25, 0.3) is 11.0 Å². The highest BCUT2D eigenvalue weighted by Crippen LogP contribution is 2.34. The number of ether oxygens (including phenoxy) is 2. The summed E-state index contributed by atoms with van der Waals surface area (Å²) in [5, 5.41) is 4.39. The van der Waals surface area contributed by atoms with Crippen molar-refractivity contribution < 1.29 is 19.1 Å². The van der Waals surface area contributed by atoms with E-state index in [1.165, 1.54) is 34.4 Å². The molecule has 15 heteroatoms. The Labute approximate surface area is 362 Å². The van der Waals surface area contributed by atoms with E-state index in [0.29, 0.717) is 44.4 Å². The number of nitrogens with zero attached hydrogens (tertiary/aromatic N) is 4. The van der Waals surface area contributed by atoms with Crippen molar-refractivity contribution in [3.05, 3.63) is 123 Å². The number of thiophene rings is 1. The van der Waals surface area contributed by atoms with Crippen LogP contribution in [0.2, 0.25) is 4.34 Å². The SMILES string of the molecule is Nc1cc(SNC(=O)c2ccc(N3CCN(CC4Cc5ccccc5CN4C(=O)c4ccc(Cl)s4)CC3)cc2Oc2cnc3[nH]ccc3c2)ccc1NCC1CCOCC1. The summed E-state index contributed by atoms with van der Waals surface area (Å²) in [6.07, 6.45) is 6.38. The third-order valence-electron chi connectivity index (χ3n) is 11.6. The first-order valence-electron chi connectivity index (χ1n) is 20.4. The number of amides is 2. The normalized spacial score (nSPS) is 17.4. The summed E-state index contributed by atoms with van der Waals surface area (Å²) < 4.78 is 15.6. The molecule has 60 heavy (non-hydrogen) atoms. The van der Waals surface area contributed by atoms with E-state index in [-0.39, 0.29) is 17.9 Å². The lowest BCUT2D eigenvalue weighted by atomic mass is 9.93. The number of halogens is 1. The third kappa shape index (κ3) is 9.22. The number of hydrogen-bond donors (Lipinski definition) is 4. The van der Waals surface area contributed by atoms with Gasteiger partial charge in [-0.2, -0.15) is 0 Å². The van der Waals surface area contributed by atoms with Crippen molar-refractivity contribution in [1.29, 1.82) is 0 Å². The quantitative estimate of drug-likeness (QED) is 0.0702. The fourth-order valence-corrected chi connectivity index (χ4v) is 9.90. The summed E-state index contributed by atoms with van der Waals surface area (Å²) in [6, 6.07) is 27.5. The number of benzene rings is 3. The lowest BCUT2D eigenvalue weighted by Crippen LogP contribution is -2.54. The third-order valence-corrected chi connectivity index (χ3v) is 13.6. The van der Waals surface area contributed by atoms with Gasteiger partial charge < -0.3 is 35.3 Å². The van der Waals surface area contributed by atoms with Crippen molar-refractivity contribution in [2.75, 3.05) is 68.4 Å². The molecule has 3 aromatic carbocycles. The van der Waals surface area contributed by atoms with E-state index in [2.05, 4.69) is 48.0 Å². The largest absolute Gasteiger partial charge is 0.455 e. The molecule has 6 aromatic rings. The van der Waals surface area contributed by atoms with Crippen LogP contribution < -0.4 is 25.4 Å². The number of nitrogen functional groups attached to an aromatic ring is 1. The molecule has 1 atom stereocenters. The Morgan fingerprint density at radius 1 is 0.983 bits per heavy atom. The molecular weight excluding hydrogens is 816 g/mol. The highest BCUT2D eigenvalue weighted by Gasteiger charge is 2.33. The number of carbonyl (C=O) groups excluding carboxylic acids is 2. The van der Waals surface area contributed by atoms with Crippen LogP contribution >= 0.6 is 34.9 Å². The van der Waals surface area contributed by atoms with Crippen LogP contribution in [0, 0.1) is 5.92 Å². The van der Waals surface area contributed by atoms with Gasteiger partial charge in [-0.25, -0.2) is 4.98 Å². The summed E-state index contributed by atoms with van der Waals surface area (Å²) in [5.74, 6) is 1.26. The Bertz CT molecular complexity index is 2480. The second-order valence-electron chi connectivity index (χ2n) is 15.5. The Balaban J connectivity index is 0.876. The molecule has 0 aliphatic carbocycles. The van der Waals surface area contributed by atoms with Crippen molar-refractivity contribution in [2.24, 2.45) is 5.92 Å². The van der Waals surface area contributed by atoms with Crippen LogP contribution in [0.1, 0.15) is 44.0 Å². The fraction of sp³-hybridized carbons (Fsp3) is 0.311. The highest BCUT2D eigenvalue weighted by atomic mass is 35.5. The van der Waals surface area contributed by atoms with Crippen LogP contribution in [0.15, 0.2) is 102 Å². The first kappa shape index (κ1) is 40.2. The van der Waals surface area contributed by atoms with E-state index in [1.54, 1.807) is 12.3 Å². The monoisotopic (exact) mass is 862 g/mol. The molecule has 2 amide bonds. The lowest BCUT2D eigenvalue weighted by molar-refractivity contribution is 0.0581. The number of aromatic nitrogens is 2. The zero-order valence-corrected chi connectivity index (χ0v) is 35.5. The van der Waals surface area contributed by atoms with Crippen LogP contribution in [0.4, 0.5) is 17.1 Å². The zero-order chi connectivity index (χ0) is 41.0. The van der Waals surface area contributed by atoms with E-state index >= 15 is 0 Å². The van der Waals surface area contributed by atoms with Gasteiger partial charge in [0.1, 0.15) is 17.1 Å². The minimum atomic E-state index is -0.291. The van der Waals surface area contributed by atoms with E-state index in [9.17, 15) is 9.59 Å². The number of carbonyl (C=O) groups is 2. The van der Waals surface area contributed by atoms with Gasteiger partial charge in [-0.15, -0.1) is 11.3 Å². The zero-order valence-electron chi connectivity index (χ0n) is 33.1. The first-order valence-corrected chi connectivity index (χ1v) is 22.4. The van der Waals surface area contributed by atoms with Gasteiger partial charge in [0.05, 0.1) is 32.3 Å². The van der Waals surface area contributed by atoms with Crippen molar-refractivity contribution in [3.63, 3.8) is 0 Å². The van der Waals surface area contributed by atoms with Crippen LogP contribution in [0.5, 0.6) is 11.5 Å². The molecule has 2 fully saturated rings. The highest BCUT2D eigenvalue weighted by molar-refractivity contribution is 7.98. The number of anilines is 3. The number of rotatable bonds is 12. The van der Waals surface area contributed by atoms with Gasteiger partial charge in [0.15, 0.2) is 0 Å². The first-order chi connectivity index (χ1) is 29.3. The maximum Gasteiger partial charge on any atom is 0.265 e. The van der Waals surface area contributed by atoms with Gasteiger partial charge in [-0.3, -0.25) is 19.2 Å². The maximum atomic E-state index is 13.9. The molecule has 1 unspecified atom stereocenters. The predicted octanol–water partition coefficient (Wildman–Crippen LogP) is 8.32. The standard InChI is InChI=1S/C45H47ClN8O4S2/c46-42-10-9-41(59-42)45(56)54-27-32-4-2-1-3-30(32)21-34(54)28-52-15-17-53(18-16-52)33-5-7-37(40(23-33)58-35-22-31-11-14-48-43(31)50-26-35)44(55)51-60-36-6-8-39(38(47)24-36)49-25-29-12-19-57-20-13-29/h1-11,14,22-24,26,29,34,49H,12-13,15-21,25,27-28,47H2,(H,48,50)(H,51,55). The molecule has 0 spiro atoms. The fourth-order valence-electron chi connectivity index (χ4n) is 8.26. The molecule has 3 aliphatic rings. The van der Waals surface area contributed by atoms with Crippen LogP contribution in [0.3, 0.4) is 0 Å². The summed E-state index contributed by atoms with van der Waals surface area (Å²) in [6.45, 7) is 7.00. The molecule has 5 N–H and O–H groups in total. The van der Waals surface area contributed by atoms with Gasteiger partial charge in [-0.1, -0.05) is 35.9 Å². The molecule has 0 saturated carbocycles. The van der Waals surface area contributed by atoms with Gasteiger partial charge in [0, 0.05) is 93.3 Å². The molecule has 2 saturated heterocycles. The molecular formula is C45H47ClN8O4S2. The van der Waals surface area contributed by atoms with Gasteiger partial charge in [-0.05, 0) is 103 Å². The van der Waals surface area contributed by atoms with Crippen molar-refractivity contribution in [1.82, 2.24) is 24.5 Å². The molecule has 3 aromatic heterocycles.